The van der Waals surface area contributed by atoms with Crippen molar-refractivity contribution in [2.45, 2.75) is 58.3 Å². The summed E-state index contributed by atoms with van der Waals surface area (Å²) in [5, 5.41) is 10.8. The van der Waals surface area contributed by atoms with E-state index in [0.29, 0.717) is 12.2 Å². The van der Waals surface area contributed by atoms with Crippen LogP contribution in [0.2, 0.25) is 0 Å². The second-order valence-electron chi connectivity index (χ2n) is 6.84. The van der Waals surface area contributed by atoms with Crippen LogP contribution in [-0.4, -0.2) is 25.5 Å². The third-order valence-electron chi connectivity index (χ3n) is 4.84. The standard InChI is InChI=1S/C17H21BrF3N5O/c1-9-12(10(2)25(3)23-9)8-22-13(27)6-7-26-15(11-4-5-11)14(18)16(24-26)17(19,20)21/h11H,4-8H2,1-3H3,(H,22,27). The van der Waals surface area contributed by atoms with Gasteiger partial charge < -0.3 is 5.32 Å². The van der Waals surface area contributed by atoms with Crippen LogP contribution in [0.1, 0.15) is 53.5 Å². The summed E-state index contributed by atoms with van der Waals surface area (Å²) in [5.74, 6) is -0.161. The molecule has 0 bridgehead atoms. The van der Waals surface area contributed by atoms with Gasteiger partial charge in [-0.05, 0) is 42.6 Å². The Labute approximate surface area is 163 Å². The molecule has 6 nitrogen and oxygen atoms in total. The van der Waals surface area contributed by atoms with Crippen LogP contribution in [0.3, 0.4) is 0 Å². The first-order valence-electron chi connectivity index (χ1n) is 8.68. The van der Waals surface area contributed by atoms with E-state index in [1.807, 2.05) is 20.9 Å². The number of halogens is 4. The van der Waals surface area contributed by atoms with Crippen LogP contribution < -0.4 is 5.32 Å². The van der Waals surface area contributed by atoms with Crippen molar-refractivity contribution in [3.8, 4) is 0 Å². The molecule has 1 N–H and O–H groups in total. The summed E-state index contributed by atoms with van der Waals surface area (Å²) >= 11 is 3.05. The second-order valence-corrected chi connectivity index (χ2v) is 7.64. The van der Waals surface area contributed by atoms with Crippen LogP contribution in [0.4, 0.5) is 13.2 Å². The molecule has 0 saturated heterocycles. The molecule has 2 heterocycles. The third kappa shape index (κ3) is 4.20. The molecule has 2 aromatic rings. The Morgan fingerprint density at radius 3 is 2.48 bits per heavy atom. The number of alkyl halides is 3. The van der Waals surface area contributed by atoms with Crippen molar-refractivity contribution in [3.63, 3.8) is 0 Å². The lowest BCUT2D eigenvalue weighted by atomic mass is 10.2. The minimum atomic E-state index is -4.52. The van der Waals surface area contributed by atoms with Gasteiger partial charge in [-0.15, -0.1) is 0 Å². The molecule has 0 unspecified atom stereocenters. The highest BCUT2D eigenvalue weighted by atomic mass is 79.9. The first-order chi connectivity index (χ1) is 12.6. The van der Waals surface area contributed by atoms with Crippen LogP contribution >= 0.6 is 15.9 Å². The van der Waals surface area contributed by atoms with E-state index in [1.54, 1.807) is 4.68 Å². The summed E-state index contributed by atoms with van der Waals surface area (Å²) in [6.07, 6.45) is -2.78. The molecule has 1 saturated carbocycles. The molecule has 148 valence electrons. The van der Waals surface area contributed by atoms with Gasteiger partial charge in [-0.2, -0.15) is 23.4 Å². The van der Waals surface area contributed by atoms with Gasteiger partial charge >= 0.3 is 6.18 Å². The molecular weight excluding hydrogens is 427 g/mol. The average Bonchev–Trinajstić information content (AvgIpc) is 3.29. The molecule has 2 aromatic heterocycles. The predicted octanol–water partition coefficient (Wildman–Crippen LogP) is 3.60. The number of aromatic nitrogens is 4. The largest absolute Gasteiger partial charge is 0.436 e. The number of carbonyl (C=O) groups is 1. The summed E-state index contributed by atoms with van der Waals surface area (Å²) in [6.45, 7) is 4.24. The van der Waals surface area contributed by atoms with Crippen molar-refractivity contribution in [1.29, 1.82) is 0 Å². The Balaban J connectivity index is 1.65. The summed E-state index contributed by atoms with van der Waals surface area (Å²) < 4.78 is 42.4. The fraction of sp³-hybridized carbons (Fsp3) is 0.588. The molecule has 27 heavy (non-hydrogen) atoms. The van der Waals surface area contributed by atoms with Gasteiger partial charge in [0.05, 0.1) is 22.4 Å². The number of nitrogens with one attached hydrogen (secondary N) is 1. The lowest BCUT2D eigenvalue weighted by Crippen LogP contribution is -2.25. The van der Waals surface area contributed by atoms with Crippen molar-refractivity contribution in [3.05, 3.63) is 32.8 Å². The lowest BCUT2D eigenvalue weighted by Gasteiger charge is -2.08. The maximum absolute atomic E-state index is 13.1. The van der Waals surface area contributed by atoms with Crippen LogP contribution in [0.25, 0.3) is 0 Å². The zero-order valence-electron chi connectivity index (χ0n) is 15.3. The van der Waals surface area contributed by atoms with E-state index in [2.05, 4.69) is 31.4 Å². The van der Waals surface area contributed by atoms with Crippen molar-refractivity contribution in [2.24, 2.45) is 7.05 Å². The molecular formula is C17H21BrF3N5O. The minimum absolute atomic E-state index is 0.000447. The van der Waals surface area contributed by atoms with Gasteiger partial charge in [0.1, 0.15) is 0 Å². The summed E-state index contributed by atoms with van der Waals surface area (Å²) in [7, 11) is 1.83. The Morgan fingerprint density at radius 2 is 1.96 bits per heavy atom. The first-order valence-corrected chi connectivity index (χ1v) is 9.48. The van der Waals surface area contributed by atoms with Crippen LogP contribution in [0, 0.1) is 13.8 Å². The number of hydrogen-bond donors (Lipinski definition) is 1. The Kier molecular flexibility index (Phi) is 5.38. The van der Waals surface area contributed by atoms with Crippen LogP contribution in [0.5, 0.6) is 0 Å². The zero-order valence-corrected chi connectivity index (χ0v) is 16.9. The van der Waals surface area contributed by atoms with Gasteiger partial charge in [-0.25, -0.2) is 0 Å². The van der Waals surface area contributed by atoms with Gasteiger partial charge in [0.25, 0.3) is 0 Å². The first kappa shape index (κ1) is 19.9. The normalized spacial score (nSPS) is 14.6. The maximum atomic E-state index is 13.1. The highest BCUT2D eigenvalue weighted by molar-refractivity contribution is 9.10. The topological polar surface area (TPSA) is 64.7 Å². The molecule has 1 aliphatic carbocycles. The van der Waals surface area contributed by atoms with E-state index in [0.717, 1.165) is 29.8 Å². The number of amides is 1. The van der Waals surface area contributed by atoms with Crippen molar-refractivity contribution in [1.82, 2.24) is 24.9 Å². The molecule has 0 radical (unpaired) electrons. The third-order valence-corrected chi connectivity index (χ3v) is 5.62. The smallest absolute Gasteiger partial charge is 0.352 e. The van der Waals surface area contributed by atoms with Gasteiger partial charge in [0.15, 0.2) is 5.69 Å². The van der Waals surface area contributed by atoms with Gasteiger partial charge in [0, 0.05) is 37.2 Å². The maximum Gasteiger partial charge on any atom is 0.436 e. The van der Waals surface area contributed by atoms with E-state index in [-0.39, 0.29) is 29.3 Å². The molecule has 1 fully saturated rings. The van der Waals surface area contributed by atoms with E-state index in [4.69, 9.17) is 0 Å². The van der Waals surface area contributed by atoms with Crippen molar-refractivity contribution >= 4 is 21.8 Å². The molecule has 1 amide bonds. The van der Waals surface area contributed by atoms with E-state index in [9.17, 15) is 18.0 Å². The number of rotatable bonds is 6. The van der Waals surface area contributed by atoms with E-state index in [1.165, 1.54) is 4.68 Å². The fourth-order valence-corrected chi connectivity index (χ4v) is 3.94. The number of hydrogen-bond acceptors (Lipinski definition) is 3. The molecule has 1 aliphatic rings. The SMILES string of the molecule is Cc1nn(C)c(C)c1CNC(=O)CCn1nc(C(F)(F)F)c(Br)c1C1CC1. The number of nitrogens with zero attached hydrogens (tertiary/aromatic N) is 4. The zero-order chi connectivity index (χ0) is 19.9. The van der Waals surface area contributed by atoms with Crippen LogP contribution in [0.15, 0.2) is 4.47 Å². The second kappa shape index (κ2) is 7.29. The van der Waals surface area contributed by atoms with Gasteiger partial charge in [-0.3, -0.25) is 14.2 Å². The van der Waals surface area contributed by atoms with Crippen molar-refractivity contribution < 1.29 is 18.0 Å². The highest BCUT2D eigenvalue weighted by Crippen LogP contribution is 2.47. The Hall–Kier alpha value is -1.84. The van der Waals surface area contributed by atoms with E-state index < -0.39 is 11.9 Å². The summed E-state index contributed by atoms with van der Waals surface area (Å²) in [5.41, 5.74) is 2.37. The molecule has 0 spiro atoms. The fourth-order valence-electron chi connectivity index (χ4n) is 3.11. The van der Waals surface area contributed by atoms with Gasteiger partial charge in [-0.1, -0.05) is 0 Å². The van der Waals surface area contributed by atoms with Crippen LogP contribution in [-0.2, 0) is 31.1 Å². The predicted molar refractivity (Wildman–Crippen MR) is 96.0 cm³/mol. The van der Waals surface area contributed by atoms with Gasteiger partial charge in [0.2, 0.25) is 5.91 Å². The summed E-state index contributed by atoms with van der Waals surface area (Å²) in [6, 6.07) is 0. The molecule has 0 aliphatic heterocycles. The number of carbonyl (C=O) groups excluding carboxylic acids is 1. The molecule has 10 heteroatoms. The highest BCUT2D eigenvalue weighted by Gasteiger charge is 2.41. The molecule has 3 rings (SSSR count). The summed E-state index contributed by atoms with van der Waals surface area (Å²) in [4.78, 5) is 12.2. The molecule has 0 aromatic carbocycles. The Bertz CT molecular complexity index is 867. The molecule has 0 atom stereocenters. The van der Waals surface area contributed by atoms with Crippen molar-refractivity contribution in [2.75, 3.05) is 0 Å². The average molecular weight is 448 g/mol. The quantitative estimate of drug-likeness (QED) is 0.735. The number of aryl methyl sites for hydroxylation is 3. The lowest BCUT2D eigenvalue weighted by molar-refractivity contribution is -0.142. The monoisotopic (exact) mass is 447 g/mol. The Morgan fingerprint density at radius 1 is 1.30 bits per heavy atom. The minimum Gasteiger partial charge on any atom is -0.352 e. The van der Waals surface area contributed by atoms with E-state index >= 15 is 0 Å².